The zero-order valence-electron chi connectivity index (χ0n) is 15.8. The van der Waals surface area contributed by atoms with Crippen LogP contribution in [-0.4, -0.2) is 21.9 Å². The number of thioether (sulfide) groups is 1. The summed E-state index contributed by atoms with van der Waals surface area (Å²) in [5.74, 6) is 1.87. The van der Waals surface area contributed by atoms with E-state index in [2.05, 4.69) is 10.2 Å². The van der Waals surface area contributed by atoms with Gasteiger partial charge in [-0.15, -0.1) is 10.2 Å². The van der Waals surface area contributed by atoms with Gasteiger partial charge in [-0.25, -0.2) is 0 Å². The first-order valence-electron chi connectivity index (χ1n) is 8.99. The van der Waals surface area contributed by atoms with Crippen molar-refractivity contribution >= 4 is 46.6 Å². The number of hydrogen-bond acceptors (Lipinski definition) is 4. The first kappa shape index (κ1) is 21.1. The number of halogens is 3. The Morgan fingerprint density at radius 1 is 0.867 bits per heavy atom. The van der Waals surface area contributed by atoms with Gasteiger partial charge in [-0.3, -0.25) is 4.57 Å². The third-order valence-electron chi connectivity index (χ3n) is 4.47. The molecule has 0 N–H and O–H groups in total. The number of benzene rings is 3. The minimum absolute atomic E-state index is 0.507. The van der Waals surface area contributed by atoms with Crippen molar-refractivity contribution in [3.63, 3.8) is 0 Å². The predicted molar refractivity (Wildman–Crippen MR) is 124 cm³/mol. The second kappa shape index (κ2) is 9.31. The normalized spacial score (nSPS) is 10.9. The summed E-state index contributed by atoms with van der Waals surface area (Å²) < 4.78 is 7.26. The second-order valence-corrected chi connectivity index (χ2v) is 8.48. The smallest absolute Gasteiger partial charge is 0.196 e. The average Bonchev–Trinajstić information content (AvgIpc) is 3.18. The van der Waals surface area contributed by atoms with Gasteiger partial charge in [0.2, 0.25) is 0 Å². The van der Waals surface area contributed by atoms with Crippen molar-refractivity contribution in [2.24, 2.45) is 0 Å². The van der Waals surface area contributed by atoms with Gasteiger partial charge in [0.05, 0.1) is 17.8 Å². The van der Waals surface area contributed by atoms with Gasteiger partial charge in [0.1, 0.15) is 5.75 Å². The minimum Gasteiger partial charge on any atom is -0.495 e. The number of rotatable bonds is 6. The van der Waals surface area contributed by atoms with Gasteiger partial charge in [0.25, 0.3) is 0 Å². The van der Waals surface area contributed by atoms with Crippen molar-refractivity contribution in [3.05, 3.63) is 87.4 Å². The van der Waals surface area contributed by atoms with Crippen molar-refractivity contribution in [3.8, 4) is 22.8 Å². The molecule has 0 aliphatic rings. The fourth-order valence-electron chi connectivity index (χ4n) is 2.97. The minimum atomic E-state index is 0.507. The maximum atomic E-state index is 6.39. The molecule has 0 radical (unpaired) electrons. The summed E-state index contributed by atoms with van der Waals surface area (Å²) in [4.78, 5) is 0. The monoisotopic (exact) mass is 475 g/mol. The predicted octanol–water partition coefficient (Wildman–Crippen LogP) is 7.20. The molecule has 0 aliphatic heterocycles. The van der Waals surface area contributed by atoms with Crippen LogP contribution in [0.1, 0.15) is 5.56 Å². The van der Waals surface area contributed by atoms with E-state index in [0.717, 1.165) is 16.8 Å². The van der Waals surface area contributed by atoms with Crippen molar-refractivity contribution in [1.29, 1.82) is 0 Å². The van der Waals surface area contributed by atoms with Crippen LogP contribution in [0.15, 0.2) is 71.9 Å². The summed E-state index contributed by atoms with van der Waals surface area (Å²) in [6.07, 6.45) is 0. The van der Waals surface area contributed by atoms with E-state index in [-0.39, 0.29) is 0 Å². The summed E-state index contributed by atoms with van der Waals surface area (Å²) in [6, 6.07) is 20.9. The van der Waals surface area contributed by atoms with Crippen LogP contribution in [0.2, 0.25) is 15.1 Å². The highest BCUT2D eigenvalue weighted by molar-refractivity contribution is 7.98. The fraction of sp³-hybridized carbons (Fsp3) is 0.0909. The molecule has 4 aromatic rings. The number of ether oxygens (including phenoxy) is 1. The lowest BCUT2D eigenvalue weighted by Crippen LogP contribution is -2.00. The van der Waals surface area contributed by atoms with Crippen LogP contribution >= 0.6 is 46.6 Å². The van der Waals surface area contributed by atoms with E-state index in [1.165, 1.54) is 11.8 Å². The Balaban J connectivity index is 1.77. The van der Waals surface area contributed by atoms with Crippen LogP contribution in [0, 0.1) is 0 Å². The Kier molecular flexibility index (Phi) is 6.54. The molecule has 1 heterocycles. The molecular formula is C22H16Cl3N3OS. The summed E-state index contributed by atoms with van der Waals surface area (Å²) in [5, 5.41) is 11.3. The van der Waals surface area contributed by atoms with E-state index in [0.29, 0.717) is 37.6 Å². The molecule has 0 bridgehead atoms. The van der Waals surface area contributed by atoms with E-state index < -0.39 is 0 Å². The van der Waals surface area contributed by atoms with Crippen molar-refractivity contribution in [1.82, 2.24) is 14.8 Å². The highest BCUT2D eigenvalue weighted by Crippen LogP contribution is 2.35. The maximum absolute atomic E-state index is 6.39. The first-order valence-corrected chi connectivity index (χ1v) is 11.1. The average molecular weight is 477 g/mol. The third kappa shape index (κ3) is 4.30. The summed E-state index contributed by atoms with van der Waals surface area (Å²) in [6.45, 7) is 0. The summed E-state index contributed by atoms with van der Waals surface area (Å²) >= 11 is 20.6. The van der Waals surface area contributed by atoms with E-state index in [9.17, 15) is 0 Å². The van der Waals surface area contributed by atoms with E-state index >= 15 is 0 Å². The number of hydrogen-bond donors (Lipinski definition) is 0. The third-order valence-corrected chi connectivity index (χ3v) is 6.43. The zero-order chi connectivity index (χ0) is 21.1. The van der Waals surface area contributed by atoms with Gasteiger partial charge < -0.3 is 4.74 Å². The highest BCUT2D eigenvalue weighted by Gasteiger charge is 2.18. The number of aromatic nitrogens is 3. The molecule has 0 spiro atoms. The van der Waals surface area contributed by atoms with Gasteiger partial charge in [-0.05, 0) is 35.9 Å². The van der Waals surface area contributed by atoms with Crippen LogP contribution < -0.4 is 4.74 Å². The van der Waals surface area contributed by atoms with Gasteiger partial charge in [-0.2, -0.15) is 0 Å². The number of nitrogens with zero attached hydrogens (tertiary/aromatic N) is 3. The molecular weight excluding hydrogens is 461 g/mol. The molecule has 1 aromatic heterocycles. The molecule has 4 nitrogen and oxygen atoms in total. The standard InChI is InChI=1S/C22H16Cl3N3OS/c1-29-20-11-10-15(12-19(20)25)28-21(14-6-3-2-4-7-14)26-27-22(28)30-13-16-17(23)8-5-9-18(16)24/h2-12H,13H2,1H3. The van der Waals surface area contributed by atoms with Crippen molar-refractivity contribution in [2.75, 3.05) is 7.11 Å². The number of methoxy groups -OCH3 is 1. The molecule has 8 heteroatoms. The molecule has 0 aliphatic carbocycles. The Bertz CT molecular complexity index is 1160. The largest absolute Gasteiger partial charge is 0.495 e. The Morgan fingerprint density at radius 3 is 2.27 bits per heavy atom. The SMILES string of the molecule is COc1ccc(-n2c(SCc3c(Cl)cccc3Cl)nnc2-c2ccccc2)cc1Cl. The van der Waals surface area contributed by atoms with Crippen LogP contribution in [0.3, 0.4) is 0 Å². The van der Waals surface area contributed by atoms with Gasteiger partial charge in [-0.1, -0.05) is 83.0 Å². The Labute approximate surface area is 193 Å². The van der Waals surface area contributed by atoms with E-state index in [4.69, 9.17) is 39.5 Å². The lowest BCUT2D eigenvalue weighted by atomic mass is 10.2. The summed E-state index contributed by atoms with van der Waals surface area (Å²) in [5.41, 5.74) is 2.63. The maximum Gasteiger partial charge on any atom is 0.196 e. The molecule has 0 saturated heterocycles. The molecule has 0 atom stereocenters. The summed E-state index contributed by atoms with van der Waals surface area (Å²) in [7, 11) is 1.59. The molecule has 4 rings (SSSR count). The van der Waals surface area contributed by atoms with E-state index in [1.54, 1.807) is 7.11 Å². The molecule has 152 valence electrons. The van der Waals surface area contributed by atoms with Crippen molar-refractivity contribution < 1.29 is 4.74 Å². The van der Waals surface area contributed by atoms with Gasteiger partial charge >= 0.3 is 0 Å². The quantitative estimate of drug-likeness (QED) is 0.276. The zero-order valence-corrected chi connectivity index (χ0v) is 18.9. The lowest BCUT2D eigenvalue weighted by Gasteiger charge is -2.13. The second-order valence-electron chi connectivity index (χ2n) is 6.32. The molecule has 0 unspecified atom stereocenters. The van der Waals surface area contributed by atoms with Gasteiger partial charge in [0.15, 0.2) is 11.0 Å². The molecule has 30 heavy (non-hydrogen) atoms. The Morgan fingerprint density at radius 2 is 1.60 bits per heavy atom. The van der Waals surface area contributed by atoms with Gasteiger partial charge in [0, 0.05) is 21.4 Å². The fourth-order valence-corrected chi connectivity index (χ4v) is 4.92. The van der Waals surface area contributed by atoms with Crippen LogP contribution in [0.25, 0.3) is 17.1 Å². The lowest BCUT2D eigenvalue weighted by molar-refractivity contribution is 0.415. The van der Waals surface area contributed by atoms with Crippen LogP contribution in [0.5, 0.6) is 5.75 Å². The first-order chi connectivity index (χ1) is 14.6. The van der Waals surface area contributed by atoms with Crippen LogP contribution in [0.4, 0.5) is 0 Å². The topological polar surface area (TPSA) is 39.9 Å². The molecule has 0 amide bonds. The molecule has 0 fully saturated rings. The molecule has 0 saturated carbocycles. The Hall–Kier alpha value is -2.18. The molecule has 3 aromatic carbocycles. The highest BCUT2D eigenvalue weighted by atomic mass is 35.5. The van der Waals surface area contributed by atoms with Crippen LogP contribution in [-0.2, 0) is 5.75 Å². The van der Waals surface area contributed by atoms with Crippen molar-refractivity contribution in [2.45, 2.75) is 10.9 Å². The van der Waals surface area contributed by atoms with E-state index in [1.807, 2.05) is 71.3 Å².